The van der Waals surface area contributed by atoms with Crippen molar-refractivity contribution in [3.8, 4) is 11.3 Å². The largest absolute Gasteiger partial charge is 0.374 e. The molecule has 0 atom stereocenters. The van der Waals surface area contributed by atoms with Gasteiger partial charge in [-0.05, 0) is 35.9 Å². The number of hydrogen-bond donors (Lipinski definition) is 3. The zero-order valence-electron chi connectivity index (χ0n) is 15.4. The van der Waals surface area contributed by atoms with Crippen LogP contribution in [0.25, 0.3) is 16.9 Å². The van der Waals surface area contributed by atoms with Crippen LogP contribution in [0.4, 0.5) is 17.2 Å². The monoisotopic (exact) mass is 403 g/mol. The molecule has 1 aliphatic rings. The number of carbonyl (C=O) groups is 1. The number of aromatic nitrogens is 2. The number of hydrogen-bond acceptors (Lipinski definition) is 4. The van der Waals surface area contributed by atoms with E-state index in [1.807, 2.05) is 71.3 Å². The molecule has 5 rings (SSSR count). The Morgan fingerprint density at radius 1 is 1.10 bits per heavy atom. The fourth-order valence-corrected chi connectivity index (χ4v) is 3.81. The lowest BCUT2D eigenvalue weighted by atomic mass is 10.1. The van der Waals surface area contributed by atoms with Crippen LogP contribution in [0.15, 0.2) is 66.9 Å². The molecular formula is C22H18ClN5O. The molecule has 0 spiro atoms. The van der Waals surface area contributed by atoms with Crippen molar-refractivity contribution in [2.75, 3.05) is 22.5 Å². The average molecular weight is 404 g/mol. The molecule has 6 nitrogen and oxygen atoms in total. The number of nitrogens with one attached hydrogen (secondary N) is 3. The first-order chi connectivity index (χ1) is 14.2. The second kappa shape index (κ2) is 7.14. The van der Waals surface area contributed by atoms with Crippen molar-refractivity contribution in [3.63, 3.8) is 0 Å². The lowest BCUT2D eigenvalue weighted by molar-refractivity contribution is -0.114. The molecule has 3 heterocycles. The van der Waals surface area contributed by atoms with Gasteiger partial charge >= 0.3 is 0 Å². The molecule has 0 aliphatic carbocycles. The van der Waals surface area contributed by atoms with Gasteiger partial charge in [0.15, 0.2) is 0 Å². The number of benzene rings is 2. The summed E-state index contributed by atoms with van der Waals surface area (Å²) in [6.07, 6.45) is 1.98. The fourth-order valence-electron chi connectivity index (χ4n) is 3.59. The summed E-state index contributed by atoms with van der Waals surface area (Å²) in [4.78, 5) is 16.6. The number of anilines is 3. The molecule has 2 aromatic heterocycles. The van der Waals surface area contributed by atoms with Crippen molar-refractivity contribution in [2.45, 2.75) is 6.54 Å². The molecule has 7 heteroatoms. The third-order valence-electron chi connectivity index (χ3n) is 4.90. The van der Waals surface area contributed by atoms with Crippen LogP contribution in [-0.4, -0.2) is 21.8 Å². The maximum absolute atomic E-state index is 11.8. The van der Waals surface area contributed by atoms with Gasteiger partial charge in [0.05, 0.1) is 17.9 Å². The summed E-state index contributed by atoms with van der Waals surface area (Å²) in [7, 11) is 0. The van der Waals surface area contributed by atoms with Gasteiger partial charge in [-0.2, -0.15) is 0 Å². The van der Waals surface area contributed by atoms with Crippen molar-refractivity contribution in [2.24, 2.45) is 0 Å². The first-order valence-corrected chi connectivity index (χ1v) is 9.69. The van der Waals surface area contributed by atoms with Crippen LogP contribution in [0.2, 0.25) is 5.02 Å². The van der Waals surface area contributed by atoms with Crippen LogP contribution >= 0.6 is 11.6 Å². The molecule has 0 saturated heterocycles. The third kappa shape index (κ3) is 3.28. The summed E-state index contributed by atoms with van der Waals surface area (Å²) in [6, 6.07) is 19.5. The molecule has 4 aromatic rings. The van der Waals surface area contributed by atoms with Crippen molar-refractivity contribution in [1.29, 1.82) is 0 Å². The second-order valence-corrected chi connectivity index (χ2v) is 7.29. The van der Waals surface area contributed by atoms with E-state index in [1.165, 1.54) is 0 Å². The van der Waals surface area contributed by atoms with E-state index in [1.54, 1.807) is 0 Å². The molecule has 0 radical (unpaired) electrons. The van der Waals surface area contributed by atoms with Crippen LogP contribution in [0.5, 0.6) is 0 Å². The first-order valence-electron chi connectivity index (χ1n) is 9.31. The number of carbonyl (C=O) groups excluding carboxylic acids is 1. The molecular weight excluding hydrogens is 386 g/mol. The maximum atomic E-state index is 11.8. The van der Waals surface area contributed by atoms with E-state index in [9.17, 15) is 4.79 Å². The third-order valence-corrected chi connectivity index (χ3v) is 5.13. The van der Waals surface area contributed by atoms with Crippen LogP contribution in [0.3, 0.4) is 0 Å². The number of para-hydroxylation sites is 1. The predicted octanol–water partition coefficient (Wildman–Crippen LogP) is 4.63. The second-order valence-electron chi connectivity index (χ2n) is 6.85. The highest BCUT2D eigenvalue weighted by Gasteiger charge is 2.22. The molecule has 0 unspecified atom stereocenters. The average Bonchev–Trinajstić information content (AvgIpc) is 3.10. The number of pyridine rings is 1. The summed E-state index contributed by atoms with van der Waals surface area (Å²) >= 11 is 6.13. The van der Waals surface area contributed by atoms with Gasteiger partial charge in [0.1, 0.15) is 17.2 Å². The Morgan fingerprint density at radius 2 is 2.00 bits per heavy atom. The molecule has 1 aliphatic heterocycles. The number of amides is 1. The molecule has 0 fully saturated rings. The number of nitrogens with zero attached hydrogens (tertiary/aromatic N) is 2. The lowest BCUT2D eigenvalue weighted by Crippen LogP contribution is -2.27. The summed E-state index contributed by atoms with van der Waals surface area (Å²) in [5.74, 6) is 0.830. The minimum absolute atomic E-state index is 0.0519. The van der Waals surface area contributed by atoms with Crippen molar-refractivity contribution < 1.29 is 4.79 Å². The van der Waals surface area contributed by atoms with Gasteiger partial charge in [0.25, 0.3) is 0 Å². The lowest BCUT2D eigenvalue weighted by Gasteiger charge is -2.21. The highest BCUT2D eigenvalue weighted by molar-refractivity contribution is 6.30. The Kier molecular flexibility index (Phi) is 4.33. The minimum Gasteiger partial charge on any atom is -0.374 e. The molecule has 144 valence electrons. The van der Waals surface area contributed by atoms with Crippen LogP contribution in [0, 0.1) is 0 Å². The van der Waals surface area contributed by atoms with Gasteiger partial charge in [0.2, 0.25) is 5.91 Å². The molecule has 0 saturated carbocycles. The molecule has 2 aromatic carbocycles. The number of rotatable bonds is 4. The quantitative estimate of drug-likeness (QED) is 0.464. The summed E-state index contributed by atoms with van der Waals surface area (Å²) in [5.41, 5.74) is 5.31. The fraction of sp³-hybridized carbons (Fsp3) is 0.0909. The Hall–Kier alpha value is -3.51. The first kappa shape index (κ1) is 17.6. The smallest absolute Gasteiger partial charge is 0.243 e. The van der Waals surface area contributed by atoms with Crippen LogP contribution in [0.1, 0.15) is 5.56 Å². The van der Waals surface area contributed by atoms with E-state index in [0.29, 0.717) is 11.6 Å². The van der Waals surface area contributed by atoms with Gasteiger partial charge < -0.3 is 16.0 Å². The Balaban J connectivity index is 1.61. The molecule has 1 amide bonds. The van der Waals surface area contributed by atoms with Crippen LogP contribution in [-0.2, 0) is 11.3 Å². The standard InChI is InChI=1S/C22H18ClN5O/c23-15-6-3-5-14(11-15)12-25-22-21(27-18-9-1-2-10-28(18)22)16-7-4-8-17-20(16)24-13-19(29)26-17/h1-11,24-25H,12-13H2,(H,26,29). The Labute approximate surface area is 172 Å². The van der Waals surface area contributed by atoms with E-state index in [4.69, 9.17) is 16.6 Å². The summed E-state index contributed by atoms with van der Waals surface area (Å²) < 4.78 is 2.03. The summed E-state index contributed by atoms with van der Waals surface area (Å²) in [6.45, 7) is 0.845. The van der Waals surface area contributed by atoms with Crippen molar-refractivity contribution in [3.05, 3.63) is 77.4 Å². The molecule has 0 bridgehead atoms. The van der Waals surface area contributed by atoms with E-state index >= 15 is 0 Å². The Morgan fingerprint density at radius 3 is 2.90 bits per heavy atom. The van der Waals surface area contributed by atoms with Gasteiger partial charge in [-0.3, -0.25) is 9.20 Å². The van der Waals surface area contributed by atoms with Crippen molar-refractivity contribution in [1.82, 2.24) is 9.38 Å². The van der Waals surface area contributed by atoms with E-state index < -0.39 is 0 Å². The number of halogens is 1. The zero-order chi connectivity index (χ0) is 19.8. The SMILES string of the molecule is O=C1CNc2c(cccc2-c2nc3ccccn3c2NCc2cccc(Cl)c2)N1. The van der Waals surface area contributed by atoms with Gasteiger partial charge in [-0.15, -0.1) is 0 Å². The highest BCUT2D eigenvalue weighted by atomic mass is 35.5. The summed E-state index contributed by atoms with van der Waals surface area (Å²) in [5, 5.41) is 10.4. The maximum Gasteiger partial charge on any atom is 0.243 e. The van der Waals surface area contributed by atoms with Gasteiger partial charge in [-0.25, -0.2) is 4.98 Å². The molecule has 29 heavy (non-hydrogen) atoms. The van der Waals surface area contributed by atoms with Gasteiger partial charge in [-0.1, -0.05) is 41.9 Å². The highest BCUT2D eigenvalue weighted by Crippen LogP contribution is 2.39. The van der Waals surface area contributed by atoms with E-state index in [0.717, 1.165) is 39.7 Å². The number of imidazole rings is 1. The van der Waals surface area contributed by atoms with Crippen molar-refractivity contribution >= 4 is 40.3 Å². The number of fused-ring (bicyclic) bond motifs is 2. The molecule has 3 N–H and O–H groups in total. The zero-order valence-corrected chi connectivity index (χ0v) is 16.2. The van der Waals surface area contributed by atoms with E-state index in [2.05, 4.69) is 16.0 Å². The Bertz CT molecular complexity index is 1230. The van der Waals surface area contributed by atoms with Crippen LogP contribution < -0.4 is 16.0 Å². The normalized spacial score (nSPS) is 12.9. The predicted molar refractivity (Wildman–Crippen MR) is 117 cm³/mol. The topological polar surface area (TPSA) is 70.5 Å². The minimum atomic E-state index is -0.0519. The van der Waals surface area contributed by atoms with Gasteiger partial charge in [0, 0.05) is 23.3 Å². The van der Waals surface area contributed by atoms with E-state index in [-0.39, 0.29) is 12.5 Å².